The summed E-state index contributed by atoms with van der Waals surface area (Å²) in [5.74, 6) is 0.673. The van der Waals surface area contributed by atoms with Crippen molar-refractivity contribution in [2.75, 3.05) is 12.8 Å². The molecule has 0 saturated carbocycles. The van der Waals surface area contributed by atoms with Gasteiger partial charge in [0.05, 0.1) is 12.9 Å². The summed E-state index contributed by atoms with van der Waals surface area (Å²) in [6, 6.07) is 4.02. The van der Waals surface area contributed by atoms with Gasteiger partial charge in [0.15, 0.2) is 0 Å². The lowest BCUT2D eigenvalue weighted by atomic mass is 10.3. The molecule has 1 aromatic heterocycles. The van der Waals surface area contributed by atoms with Crippen LogP contribution < -0.4 is 5.50 Å². The molecule has 0 aliphatic carbocycles. The van der Waals surface area contributed by atoms with Gasteiger partial charge in [0.2, 0.25) is 0 Å². The lowest BCUT2D eigenvalue weighted by Gasteiger charge is -2.18. The Kier molecular flexibility index (Phi) is 3.48. The molecule has 1 aliphatic rings. The SMILES string of the molecule is CC(C)CP(C1=CCCO1)c1ccco1. The van der Waals surface area contributed by atoms with Crippen molar-refractivity contribution in [3.05, 3.63) is 30.0 Å². The molecule has 0 spiro atoms. The number of hydrogen-bond acceptors (Lipinski definition) is 2. The van der Waals surface area contributed by atoms with E-state index < -0.39 is 0 Å². The first-order valence-electron chi connectivity index (χ1n) is 5.41. The monoisotopic (exact) mass is 224 g/mol. The van der Waals surface area contributed by atoms with Gasteiger partial charge in [-0.3, -0.25) is 0 Å². The van der Waals surface area contributed by atoms with Crippen LogP contribution >= 0.6 is 7.92 Å². The van der Waals surface area contributed by atoms with Crippen LogP contribution in [-0.2, 0) is 4.74 Å². The first-order valence-corrected chi connectivity index (χ1v) is 6.94. The van der Waals surface area contributed by atoms with Gasteiger partial charge in [-0.15, -0.1) is 0 Å². The van der Waals surface area contributed by atoms with E-state index in [2.05, 4.69) is 26.0 Å². The summed E-state index contributed by atoms with van der Waals surface area (Å²) in [6.07, 6.45) is 6.17. The van der Waals surface area contributed by atoms with Crippen LogP contribution in [0.4, 0.5) is 0 Å². The topological polar surface area (TPSA) is 22.4 Å². The van der Waals surface area contributed by atoms with Gasteiger partial charge in [0, 0.05) is 14.3 Å². The van der Waals surface area contributed by atoms with Crippen molar-refractivity contribution in [3.8, 4) is 0 Å². The van der Waals surface area contributed by atoms with E-state index >= 15 is 0 Å². The van der Waals surface area contributed by atoms with E-state index in [9.17, 15) is 0 Å². The van der Waals surface area contributed by atoms with Crippen molar-refractivity contribution in [2.45, 2.75) is 20.3 Å². The quantitative estimate of drug-likeness (QED) is 0.732. The fourth-order valence-electron chi connectivity index (χ4n) is 1.67. The normalized spacial score (nSPS) is 17.7. The summed E-state index contributed by atoms with van der Waals surface area (Å²) < 4.78 is 11.2. The lowest BCUT2D eigenvalue weighted by Crippen LogP contribution is -2.07. The minimum absolute atomic E-state index is 0.387. The highest BCUT2D eigenvalue weighted by Gasteiger charge is 2.23. The molecular formula is C12H17O2P. The predicted molar refractivity (Wildman–Crippen MR) is 63.6 cm³/mol. The molecule has 0 aromatic carbocycles. The highest BCUT2D eigenvalue weighted by molar-refractivity contribution is 7.69. The third-order valence-electron chi connectivity index (χ3n) is 2.27. The van der Waals surface area contributed by atoms with Crippen LogP contribution in [-0.4, -0.2) is 12.8 Å². The van der Waals surface area contributed by atoms with E-state index in [1.165, 1.54) is 0 Å². The molecular weight excluding hydrogens is 207 g/mol. The first-order chi connectivity index (χ1) is 7.27. The van der Waals surface area contributed by atoms with Gasteiger partial charge < -0.3 is 9.15 Å². The summed E-state index contributed by atoms with van der Waals surface area (Å²) >= 11 is 0. The van der Waals surface area contributed by atoms with Crippen LogP contribution in [0.2, 0.25) is 0 Å². The van der Waals surface area contributed by atoms with E-state index in [4.69, 9.17) is 9.15 Å². The highest BCUT2D eigenvalue weighted by Crippen LogP contribution is 2.47. The first kappa shape index (κ1) is 10.8. The Labute approximate surface area is 92.1 Å². The standard InChI is InChI=1S/C12H17O2P/c1-10(2)9-15(11-5-3-7-13-11)12-6-4-8-14-12/h3,5-7,10H,4,8-9H2,1-2H3. The molecule has 15 heavy (non-hydrogen) atoms. The molecule has 0 fully saturated rings. The number of hydrogen-bond donors (Lipinski definition) is 0. The van der Waals surface area contributed by atoms with Gasteiger partial charge in [0.1, 0.15) is 11.0 Å². The third kappa shape index (κ3) is 2.63. The zero-order valence-corrected chi connectivity index (χ0v) is 10.2. The van der Waals surface area contributed by atoms with Gasteiger partial charge in [-0.2, -0.15) is 0 Å². The van der Waals surface area contributed by atoms with Crippen molar-refractivity contribution in [1.29, 1.82) is 0 Å². The Bertz CT molecular complexity index is 327. The maximum Gasteiger partial charge on any atom is 0.133 e. The van der Waals surface area contributed by atoms with Crippen LogP contribution in [0.25, 0.3) is 0 Å². The summed E-state index contributed by atoms with van der Waals surface area (Å²) in [4.78, 5) is 0. The summed E-state index contributed by atoms with van der Waals surface area (Å²) in [5.41, 5.74) is 2.25. The van der Waals surface area contributed by atoms with E-state index in [0.717, 1.165) is 30.2 Å². The second-order valence-electron chi connectivity index (χ2n) is 4.14. The maximum absolute atomic E-state index is 5.67. The summed E-state index contributed by atoms with van der Waals surface area (Å²) in [6.45, 7) is 5.33. The van der Waals surface area contributed by atoms with Gasteiger partial charge >= 0.3 is 0 Å². The second kappa shape index (κ2) is 4.85. The van der Waals surface area contributed by atoms with E-state index in [-0.39, 0.29) is 7.92 Å². The fourth-order valence-corrected chi connectivity index (χ4v) is 4.03. The van der Waals surface area contributed by atoms with Crippen LogP contribution in [0.1, 0.15) is 20.3 Å². The average Bonchev–Trinajstić information content (AvgIpc) is 2.87. The van der Waals surface area contributed by atoms with Crippen molar-refractivity contribution in [1.82, 2.24) is 0 Å². The number of ether oxygens (including phenoxy) is 1. The van der Waals surface area contributed by atoms with Gasteiger partial charge in [0.25, 0.3) is 0 Å². The third-order valence-corrected chi connectivity index (χ3v) is 5.00. The molecule has 0 saturated heterocycles. The van der Waals surface area contributed by atoms with Crippen LogP contribution in [0.5, 0.6) is 0 Å². The lowest BCUT2D eigenvalue weighted by molar-refractivity contribution is 0.269. The molecule has 82 valence electrons. The Hall–Kier alpha value is -0.750. The Balaban J connectivity index is 2.16. The van der Waals surface area contributed by atoms with E-state index in [1.807, 2.05) is 6.07 Å². The number of rotatable bonds is 4. The largest absolute Gasteiger partial charge is 0.493 e. The van der Waals surface area contributed by atoms with Gasteiger partial charge in [-0.05, 0) is 30.3 Å². The molecule has 1 unspecified atom stereocenters. The fraction of sp³-hybridized carbons (Fsp3) is 0.500. The predicted octanol–water partition coefficient (Wildman–Crippen LogP) is 3.30. The molecule has 3 heteroatoms. The summed E-state index contributed by atoms with van der Waals surface area (Å²) in [5, 5.41) is 0. The average molecular weight is 224 g/mol. The maximum atomic E-state index is 5.67. The molecule has 2 rings (SSSR count). The van der Waals surface area contributed by atoms with Gasteiger partial charge in [-0.25, -0.2) is 0 Å². The zero-order valence-electron chi connectivity index (χ0n) is 9.27. The Morgan fingerprint density at radius 2 is 2.33 bits per heavy atom. The van der Waals surface area contributed by atoms with Crippen LogP contribution in [0.15, 0.2) is 34.4 Å². The van der Waals surface area contributed by atoms with Crippen molar-refractivity contribution >= 4 is 13.4 Å². The highest BCUT2D eigenvalue weighted by atomic mass is 31.1. The molecule has 0 N–H and O–H groups in total. The molecule has 0 bridgehead atoms. The van der Waals surface area contributed by atoms with Gasteiger partial charge in [-0.1, -0.05) is 13.8 Å². The molecule has 2 heterocycles. The Morgan fingerprint density at radius 3 is 2.87 bits per heavy atom. The minimum Gasteiger partial charge on any atom is -0.493 e. The Morgan fingerprint density at radius 1 is 1.47 bits per heavy atom. The van der Waals surface area contributed by atoms with E-state index in [1.54, 1.807) is 6.26 Å². The van der Waals surface area contributed by atoms with Crippen molar-refractivity contribution < 1.29 is 9.15 Å². The van der Waals surface area contributed by atoms with Crippen molar-refractivity contribution in [2.24, 2.45) is 5.92 Å². The minimum atomic E-state index is -0.387. The van der Waals surface area contributed by atoms with E-state index in [0.29, 0.717) is 5.92 Å². The van der Waals surface area contributed by atoms with Crippen LogP contribution in [0.3, 0.4) is 0 Å². The second-order valence-corrected chi connectivity index (χ2v) is 6.24. The van der Waals surface area contributed by atoms with Crippen LogP contribution in [0, 0.1) is 5.92 Å². The molecule has 0 amide bonds. The molecule has 1 atom stereocenters. The number of furan rings is 1. The summed E-state index contributed by atoms with van der Waals surface area (Å²) in [7, 11) is -0.387. The molecule has 2 nitrogen and oxygen atoms in total. The van der Waals surface area contributed by atoms with Crippen molar-refractivity contribution in [3.63, 3.8) is 0 Å². The molecule has 0 radical (unpaired) electrons. The zero-order chi connectivity index (χ0) is 10.7. The molecule has 1 aromatic rings. The molecule has 1 aliphatic heterocycles. The smallest absolute Gasteiger partial charge is 0.133 e.